The van der Waals surface area contributed by atoms with Crippen LogP contribution in [-0.2, 0) is 10.8 Å². The topological polar surface area (TPSA) is 49.7 Å². The van der Waals surface area contributed by atoms with Gasteiger partial charge in [0.2, 0.25) is 0 Å². The summed E-state index contributed by atoms with van der Waals surface area (Å²) in [5.74, 6) is 0.717. The van der Waals surface area contributed by atoms with Crippen LogP contribution in [0.5, 0.6) is 5.75 Å². The zero-order valence-electron chi connectivity index (χ0n) is 29.0. The molecule has 2 N–H and O–H groups in total. The summed E-state index contributed by atoms with van der Waals surface area (Å²) in [6.07, 6.45) is 31.8. The molecule has 0 saturated carbocycles. The first-order valence-electron chi connectivity index (χ1n) is 18.2. The van der Waals surface area contributed by atoms with Gasteiger partial charge >= 0.3 is 8.60 Å². The SMILES string of the molecule is CCCCCCCCCCCCCC(C)(C)c1cccc(C(C)(C)CCCCCCCCCCCCC)c1OP(O)O. The van der Waals surface area contributed by atoms with Crippen molar-refractivity contribution in [2.24, 2.45) is 0 Å². The minimum absolute atomic E-state index is 0.0808. The molecule has 0 saturated heterocycles. The van der Waals surface area contributed by atoms with E-state index in [1.807, 2.05) is 0 Å². The van der Waals surface area contributed by atoms with Gasteiger partial charge in [0.05, 0.1) is 0 Å². The van der Waals surface area contributed by atoms with Crippen LogP contribution in [0.3, 0.4) is 0 Å². The molecule has 0 aromatic heterocycles. The monoisotopic (exact) mass is 607 g/mol. The number of hydrogen-bond acceptors (Lipinski definition) is 3. The molecule has 4 heteroatoms. The average Bonchev–Trinajstić information content (AvgIpc) is 2.94. The van der Waals surface area contributed by atoms with Crippen LogP contribution < -0.4 is 4.52 Å². The van der Waals surface area contributed by atoms with E-state index >= 15 is 0 Å². The van der Waals surface area contributed by atoms with E-state index in [1.54, 1.807) is 0 Å². The van der Waals surface area contributed by atoms with Crippen LogP contribution >= 0.6 is 8.60 Å². The van der Waals surface area contributed by atoms with Crippen LogP contribution in [0.1, 0.15) is 207 Å². The lowest BCUT2D eigenvalue weighted by Gasteiger charge is -2.33. The van der Waals surface area contributed by atoms with Gasteiger partial charge in [0.15, 0.2) is 0 Å². The summed E-state index contributed by atoms with van der Waals surface area (Å²) in [5, 5.41) is 0. The lowest BCUT2D eigenvalue weighted by atomic mass is 9.74. The molecule has 42 heavy (non-hydrogen) atoms. The van der Waals surface area contributed by atoms with E-state index in [4.69, 9.17) is 4.52 Å². The maximum atomic E-state index is 9.94. The Morgan fingerprint density at radius 1 is 0.500 bits per heavy atom. The highest BCUT2D eigenvalue weighted by Gasteiger charge is 2.32. The summed E-state index contributed by atoms with van der Waals surface area (Å²) in [5.41, 5.74) is 2.08. The zero-order valence-corrected chi connectivity index (χ0v) is 29.8. The van der Waals surface area contributed by atoms with E-state index in [0.29, 0.717) is 0 Å². The maximum absolute atomic E-state index is 9.94. The van der Waals surface area contributed by atoms with Gasteiger partial charge in [-0.15, -0.1) is 0 Å². The molecule has 0 spiro atoms. The Labute approximate surface area is 264 Å². The second kappa shape index (κ2) is 23.7. The van der Waals surface area contributed by atoms with Gasteiger partial charge in [-0.1, -0.05) is 201 Å². The normalized spacial score (nSPS) is 12.4. The van der Waals surface area contributed by atoms with Crippen molar-refractivity contribution in [2.45, 2.75) is 206 Å². The van der Waals surface area contributed by atoms with Crippen LogP contribution in [-0.4, -0.2) is 9.79 Å². The lowest BCUT2D eigenvalue weighted by Crippen LogP contribution is -2.23. The smallest absolute Gasteiger partial charge is 0.391 e. The number of hydrogen-bond donors (Lipinski definition) is 2. The van der Waals surface area contributed by atoms with Crippen molar-refractivity contribution in [3.63, 3.8) is 0 Å². The second-order valence-corrected chi connectivity index (χ2v) is 15.1. The van der Waals surface area contributed by atoms with Crippen LogP contribution in [0.15, 0.2) is 18.2 Å². The third-order valence-electron chi connectivity index (χ3n) is 9.46. The summed E-state index contributed by atoms with van der Waals surface area (Å²) in [7, 11) is -2.46. The molecule has 0 unspecified atom stereocenters. The summed E-state index contributed by atoms with van der Waals surface area (Å²) < 4.78 is 5.84. The molecule has 1 aromatic rings. The number of para-hydroxylation sites is 1. The Balaban J connectivity index is 2.57. The largest absolute Gasteiger partial charge is 0.426 e. The highest BCUT2D eigenvalue weighted by atomic mass is 31.2. The van der Waals surface area contributed by atoms with Crippen LogP contribution in [0.4, 0.5) is 0 Å². The molecule has 3 nitrogen and oxygen atoms in total. The molecule has 0 radical (unpaired) electrons. The first kappa shape index (κ1) is 39.4. The highest BCUT2D eigenvalue weighted by molar-refractivity contribution is 7.39. The van der Waals surface area contributed by atoms with E-state index in [9.17, 15) is 9.79 Å². The van der Waals surface area contributed by atoms with Gasteiger partial charge in [-0.05, 0) is 23.7 Å². The fourth-order valence-electron chi connectivity index (χ4n) is 6.51. The maximum Gasteiger partial charge on any atom is 0.391 e. The van der Waals surface area contributed by atoms with Gasteiger partial charge in [-0.2, -0.15) is 0 Å². The quantitative estimate of drug-likeness (QED) is 0.0737. The van der Waals surface area contributed by atoms with E-state index in [1.165, 1.54) is 141 Å². The summed E-state index contributed by atoms with van der Waals surface area (Å²) in [6.45, 7) is 13.7. The zero-order chi connectivity index (χ0) is 31.1. The Morgan fingerprint density at radius 3 is 1.07 bits per heavy atom. The third-order valence-corrected chi connectivity index (χ3v) is 9.80. The van der Waals surface area contributed by atoms with Crippen molar-refractivity contribution in [3.8, 4) is 5.75 Å². The van der Waals surface area contributed by atoms with Crippen LogP contribution in [0, 0.1) is 0 Å². The molecule has 0 atom stereocenters. The van der Waals surface area contributed by atoms with Gasteiger partial charge < -0.3 is 14.3 Å². The van der Waals surface area contributed by atoms with Crippen molar-refractivity contribution in [1.29, 1.82) is 0 Å². The van der Waals surface area contributed by atoms with Gasteiger partial charge in [0.25, 0.3) is 0 Å². The molecule has 0 aliphatic rings. The number of rotatable bonds is 28. The Hall–Kier alpha value is -0.630. The fraction of sp³-hybridized carbons (Fsp3) is 0.842. The molecular formula is C38H71O3P. The molecule has 1 aromatic carbocycles. The molecule has 1 rings (SSSR count). The predicted molar refractivity (Wildman–Crippen MR) is 187 cm³/mol. The molecule has 0 fully saturated rings. The fourth-order valence-corrected chi connectivity index (χ4v) is 6.87. The van der Waals surface area contributed by atoms with Crippen molar-refractivity contribution in [2.75, 3.05) is 0 Å². The minimum atomic E-state index is -2.46. The molecule has 0 heterocycles. The Bertz CT molecular complexity index is 717. The molecule has 246 valence electrons. The first-order valence-corrected chi connectivity index (χ1v) is 19.3. The third kappa shape index (κ3) is 17.6. The van der Waals surface area contributed by atoms with E-state index in [0.717, 1.165) is 29.7 Å². The van der Waals surface area contributed by atoms with Gasteiger partial charge in [-0.25, -0.2) is 0 Å². The van der Waals surface area contributed by atoms with Crippen molar-refractivity contribution in [3.05, 3.63) is 29.3 Å². The van der Waals surface area contributed by atoms with Gasteiger partial charge in [-0.3, -0.25) is 0 Å². The average molecular weight is 607 g/mol. The summed E-state index contributed by atoms with van der Waals surface area (Å²) >= 11 is 0. The Kier molecular flexibility index (Phi) is 22.2. The number of unbranched alkanes of at least 4 members (excludes halogenated alkanes) is 20. The van der Waals surface area contributed by atoms with Gasteiger partial charge in [0.1, 0.15) is 5.75 Å². The lowest BCUT2D eigenvalue weighted by molar-refractivity contribution is 0.352. The van der Waals surface area contributed by atoms with E-state index < -0.39 is 8.60 Å². The van der Waals surface area contributed by atoms with E-state index in [2.05, 4.69) is 59.7 Å². The molecule has 0 aliphatic heterocycles. The number of benzene rings is 1. The van der Waals surface area contributed by atoms with Gasteiger partial charge in [0, 0.05) is 11.1 Å². The van der Waals surface area contributed by atoms with Crippen molar-refractivity contribution >= 4 is 8.60 Å². The highest BCUT2D eigenvalue weighted by Crippen LogP contribution is 2.46. The van der Waals surface area contributed by atoms with Crippen LogP contribution in [0.2, 0.25) is 0 Å². The molecule has 0 bridgehead atoms. The minimum Gasteiger partial charge on any atom is -0.426 e. The molecule has 0 aliphatic carbocycles. The standard InChI is InChI=1S/C38H71O3P/c1-7-9-11-13-15-17-19-21-23-25-27-32-37(3,4)34-30-29-31-35(36(34)41-42(39)40)38(5,6)33-28-26-24-22-20-18-16-14-12-10-8-2/h29-31,39-40H,7-28,32-33H2,1-6H3. The summed E-state index contributed by atoms with van der Waals surface area (Å²) in [6, 6.07) is 6.45. The predicted octanol–water partition coefficient (Wildman–Crippen LogP) is 13.2. The van der Waals surface area contributed by atoms with Crippen molar-refractivity contribution < 1.29 is 14.3 Å². The van der Waals surface area contributed by atoms with Crippen molar-refractivity contribution in [1.82, 2.24) is 0 Å². The van der Waals surface area contributed by atoms with E-state index in [-0.39, 0.29) is 10.8 Å². The molecular weight excluding hydrogens is 535 g/mol. The Morgan fingerprint density at radius 2 is 0.786 bits per heavy atom. The van der Waals surface area contributed by atoms with Crippen LogP contribution in [0.25, 0.3) is 0 Å². The summed E-state index contributed by atoms with van der Waals surface area (Å²) in [4.78, 5) is 19.9. The molecule has 0 amide bonds. The first-order chi connectivity index (χ1) is 20.2. The second-order valence-electron chi connectivity index (χ2n) is 14.4.